The van der Waals surface area contributed by atoms with Gasteiger partial charge >= 0.3 is 0 Å². The molecule has 1 saturated carbocycles. The Balaban J connectivity index is 1.85. The average Bonchev–Trinajstić information content (AvgIpc) is 2.35. The van der Waals surface area contributed by atoms with Gasteiger partial charge in [-0.1, -0.05) is 20.3 Å². The van der Waals surface area contributed by atoms with Gasteiger partial charge in [0.15, 0.2) is 0 Å². The van der Waals surface area contributed by atoms with Gasteiger partial charge in [0, 0.05) is 45.2 Å². The first-order valence-corrected chi connectivity index (χ1v) is 8.22. The van der Waals surface area contributed by atoms with Gasteiger partial charge in [-0.2, -0.15) is 0 Å². The van der Waals surface area contributed by atoms with Crippen molar-refractivity contribution in [3.63, 3.8) is 0 Å². The highest BCUT2D eigenvalue weighted by Gasteiger charge is 2.31. The first-order chi connectivity index (χ1) is 9.60. The number of aliphatic hydroxyl groups is 1. The van der Waals surface area contributed by atoms with E-state index in [1.165, 1.54) is 19.3 Å². The van der Waals surface area contributed by atoms with Crippen molar-refractivity contribution in [3.05, 3.63) is 0 Å². The van der Waals surface area contributed by atoms with Crippen molar-refractivity contribution in [2.75, 3.05) is 32.8 Å². The lowest BCUT2D eigenvalue weighted by Gasteiger charge is -2.42. The Kier molecular flexibility index (Phi) is 5.85. The van der Waals surface area contributed by atoms with Crippen LogP contribution in [0.15, 0.2) is 0 Å². The second kappa shape index (κ2) is 7.41. The fraction of sp³-hybridized carbons (Fsp3) is 0.938. The summed E-state index contributed by atoms with van der Waals surface area (Å²) >= 11 is 0. The maximum atomic E-state index is 12.3. The number of carbonyl (C=O) groups is 1. The van der Waals surface area contributed by atoms with Gasteiger partial charge in [-0.05, 0) is 31.1 Å². The topological polar surface area (TPSA) is 43.8 Å². The molecule has 116 valence electrons. The van der Waals surface area contributed by atoms with Crippen LogP contribution in [0.3, 0.4) is 0 Å². The third-order valence-electron chi connectivity index (χ3n) is 4.71. The van der Waals surface area contributed by atoms with Crippen LogP contribution in [0.25, 0.3) is 0 Å². The summed E-state index contributed by atoms with van der Waals surface area (Å²) < 4.78 is 0. The van der Waals surface area contributed by atoms with Crippen LogP contribution in [-0.4, -0.2) is 59.6 Å². The Hall–Kier alpha value is -0.610. The van der Waals surface area contributed by atoms with Crippen LogP contribution in [0.4, 0.5) is 0 Å². The summed E-state index contributed by atoms with van der Waals surface area (Å²) in [4.78, 5) is 16.8. The maximum Gasteiger partial charge on any atom is 0.222 e. The third-order valence-corrected chi connectivity index (χ3v) is 4.71. The van der Waals surface area contributed by atoms with Crippen LogP contribution in [0.2, 0.25) is 0 Å². The van der Waals surface area contributed by atoms with Gasteiger partial charge in [-0.3, -0.25) is 9.69 Å². The molecule has 0 unspecified atom stereocenters. The molecule has 4 heteroatoms. The number of carbonyl (C=O) groups excluding carboxylic acids is 1. The van der Waals surface area contributed by atoms with Crippen molar-refractivity contribution < 1.29 is 9.90 Å². The molecular formula is C16H30N2O2. The minimum Gasteiger partial charge on any atom is -0.396 e. The smallest absolute Gasteiger partial charge is 0.222 e. The number of nitrogens with zero attached hydrogens (tertiary/aromatic N) is 2. The van der Waals surface area contributed by atoms with Crippen molar-refractivity contribution >= 4 is 5.91 Å². The average molecular weight is 282 g/mol. The van der Waals surface area contributed by atoms with Crippen molar-refractivity contribution in [1.82, 2.24) is 9.80 Å². The van der Waals surface area contributed by atoms with E-state index in [9.17, 15) is 9.90 Å². The van der Waals surface area contributed by atoms with E-state index < -0.39 is 0 Å². The molecule has 0 radical (unpaired) electrons. The monoisotopic (exact) mass is 282 g/mol. The van der Waals surface area contributed by atoms with Gasteiger partial charge in [0.1, 0.15) is 0 Å². The Morgan fingerprint density at radius 3 is 2.60 bits per heavy atom. The maximum absolute atomic E-state index is 12.3. The molecule has 1 saturated heterocycles. The highest BCUT2D eigenvalue weighted by atomic mass is 16.3. The number of aliphatic hydroxyl groups excluding tert-OH is 1. The van der Waals surface area contributed by atoms with Crippen LogP contribution in [0.5, 0.6) is 0 Å². The molecular weight excluding hydrogens is 252 g/mol. The predicted molar refractivity (Wildman–Crippen MR) is 80.4 cm³/mol. The lowest BCUT2D eigenvalue weighted by atomic mass is 9.82. The summed E-state index contributed by atoms with van der Waals surface area (Å²) in [5.74, 6) is 1.61. The second-order valence-electron chi connectivity index (χ2n) is 6.90. The normalized spacial score (nSPS) is 25.0. The lowest BCUT2D eigenvalue weighted by Crippen LogP contribution is -2.56. The van der Waals surface area contributed by atoms with Crippen molar-refractivity contribution in [2.45, 2.75) is 52.0 Å². The molecule has 0 aromatic rings. The summed E-state index contributed by atoms with van der Waals surface area (Å²) in [5, 5.41) is 9.26. The van der Waals surface area contributed by atoms with Crippen molar-refractivity contribution in [2.24, 2.45) is 11.8 Å². The molecule has 0 bridgehead atoms. The Labute approximate surface area is 123 Å². The van der Waals surface area contributed by atoms with Gasteiger partial charge in [-0.15, -0.1) is 0 Å². The molecule has 2 fully saturated rings. The Morgan fingerprint density at radius 2 is 2.05 bits per heavy atom. The van der Waals surface area contributed by atoms with Crippen LogP contribution < -0.4 is 0 Å². The summed E-state index contributed by atoms with van der Waals surface area (Å²) in [6, 6.07) is 0.335. The molecule has 2 aliphatic rings. The third kappa shape index (κ3) is 4.19. The molecule has 1 atom stereocenters. The quantitative estimate of drug-likeness (QED) is 0.807. The first kappa shape index (κ1) is 15.8. The van der Waals surface area contributed by atoms with E-state index in [2.05, 4.69) is 18.7 Å². The Bertz CT molecular complexity index is 316. The zero-order valence-electron chi connectivity index (χ0n) is 13.1. The molecule has 1 N–H and O–H groups in total. The minimum atomic E-state index is 0.212. The van der Waals surface area contributed by atoms with E-state index in [4.69, 9.17) is 0 Å². The van der Waals surface area contributed by atoms with Crippen LogP contribution in [0.1, 0.15) is 46.0 Å². The fourth-order valence-electron chi connectivity index (χ4n) is 3.32. The van der Waals surface area contributed by atoms with Gasteiger partial charge in [-0.25, -0.2) is 0 Å². The summed E-state index contributed by atoms with van der Waals surface area (Å²) in [6.07, 6.45) is 5.29. The second-order valence-corrected chi connectivity index (χ2v) is 6.90. The van der Waals surface area contributed by atoms with E-state index >= 15 is 0 Å². The molecule has 2 rings (SSSR count). The summed E-state index contributed by atoms with van der Waals surface area (Å²) in [5.41, 5.74) is 0. The zero-order valence-corrected chi connectivity index (χ0v) is 13.1. The molecule has 4 nitrogen and oxygen atoms in total. The van der Waals surface area contributed by atoms with E-state index in [0.717, 1.165) is 39.0 Å². The van der Waals surface area contributed by atoms with E-state index in [1.807, 2.05) is 4.90 Å². The first-order valence-electron chi connectivity index (χ1n) is 8.22. The summed E-state index contributed by atoms with van der Waals surface area (Å²) in [6.45, 7) is 8.35. The standard InChI is InChI=1S/C16H30N2O2/c1-13(2)11-17-7-8-18(12-15(17)6-9-19)16(20)10-14-4-3-5-14/h13-15,19H,3-12H2,1-2H3/t15-/m0/s1. The van der Waals surface area contributed by atoms with Gasteiger partial charge in [0.25, 0.3) is 0 Å². The lowest BCUT2D eigenvalue weighted by molar-refractivity contribution is -0.136. The van der Waals surface area contributed by atoms with Gasteiger partial charge < -0.3 is 10.0 Å². The van der Waals surface area contributed by atoms with Gasteiger partial charge in [0.2, 0.25) is 5.91 Å². The molecule has 1 aliphatic heterocycles. The van der Waals surface area contributed by atoms with E-state index in [0.29, 0.717) is 23.8 Å². The van der Waals surface area contributed by atoms with E-state index in [-0.39, 0.29) is 6.61 Å². The molecule has 1 aliphatic carbocycles. The van der Waals surface area contributed by atoms with Crippen LogP contribution in [-0.2, 0) is 4.79 Å². The van der Waals surface area contributed by atoms with Crippen LogP contribution in [0, 0.1) is 11.8 Å². The number of hydrogen-bond donors (Lipinski definition) is 1. The van der Waals surface area contributed by atoms with Crippen molar-refractivity contribution in [3.8, 4) is 0 Å². The molecule has 0 aromatic heterocycles. The Morgan fingerprint density at radius 1 is 1.30 bits per heavy atom. The fourth-order valence-corrected chi connectivity index (χ4v) is 3.32. The molecule has 1 amide bonds. The number of rotatable bonds is 6. The SMILES string of the molecule is CC(C)CN1CCN(C(=O)CC2CCC2)C[C@@H]1CCO. The molecule has 1 heterocycles. The summed E-state index contributed by atoms with van der Waals surface area (Å²) in [7, 11) is 0. The highest BCUT2D eigenvalue weighted by Crippen LogP contribution is 2.30. The number of piperazine rings is 1. The minimum absolute atomic E-state index is 0.212. The largest absolute Gasteiger partial charge is 0.396 e. The van der Waals surface area contributed by atoms with Crippen LogP contribution >= 0.6 is 0 Å². The number of hydrogen-bond acceptors (Lipinski definition) is 3. The molecule has 0 spiro atoms. The van der Waals surface area contributed by atoms with Crippen molar-refractivity contribution in [1.29, 1.82) is 0 Å². The molecule has 0 aromatic carbocycles. The predicted octanol–water partition coefficient (Wildman–Crippen LogP) is 1.73. The number of amides is 1. The highest BCUT2D eigenvalue weighted by molar-refractivity contribution is 5.76. The van der Waals surface area contributed by atoms with E-state index in [1.54, 1.807) is 0 Å². The molecule has 20 heavy (non-hydrogen) atoms. The van der Waals surface area contributed by atoms with Gasteiger partial charge in [0.05, 0.1) is 0 Å². The zero-order chi connectivity index (χ0) is 14.5.